The van der Waals surface area contributed by atoms with E-state index in [0.717, 1.165) is 23.4 Å². The van der Waals surface area contributed by atoms with Crippen LogP contribution in [0.15, 0.2) is 24.3 Å². The minimum absolute atomic E-state index is 0.259. The Kier molecular flexibility index (Phi) is 4.26. The molecule has 0 heterocycles. The van der Waals surface area contributed by atoms with Crippen LogP contribution in [-0.4, -0.2) is 11.2 Å². The summed E-state index contributed by atoms with van der Waals surface area (Å²) in [6.07, 6.45) is 2.24. The Bertz CT molecular complexity index is 260. The molecule has 2 heteroatoms. The number of hydrogen-bond donors (Lipinski definition) is 1. The zero-order valence-electron chi connectivity index (χ0n) is 7.83. The molecule has 0 saturated carbocycles. The topological polar surface area (TPSA) is 20.2 Å². The fraction of sp³-hybridized carbons (Fsp3) is 0.455. The Morgan fingerprint density at radius 2 is 2.08 bits per heavy atom. The number of aliphatic hydroxyl groups excluding tert-OH is 1. The lowest BCUT2D eigenvalue weighted by Gasteiger charge is -2.09. The molecule has 1 nitrogen and oxygen atoms in total. The smallest absolute Gasteiger partial charge is 0.0581 e. The van der Waals surface area contributed by atoms with Crippen LogP contribution < -0.4 is 0 Å². The maximum atomic E-state index is 9.57. The van der Waals surface area contributed by atoms with Crippen LogP contribution in [0, 0.1) is 0 Å². The summed E-state index contributed by atoms with van der Waals surface area (Å²) >= 11 is 5.96. The molecular formula is C11H15ClO. The van der Waals surface area contributed by atoms with Gasteiger partial charge in [-0.05, 0) is 24.5 Å². The molecule has 0 aliphatic carbocycles. The molecule has 13 heavy (non-hydrogen) atoms. The van der Waals surface area contributed by atoms with Gasteiger partial charge in [0.1, 0.15) is 0 Å². The lowest BCUT2D eigenvalue weighted by atomic mass is 10.0. The van der Waals surface area contributed by atoms with Crippen LogP contribution >= 0.6 is 11.6 Å². The van der Waals surface area contributed by atoms with Crippen molar-refractivity contribution >= 4 is 11.6 Å². The molecule has 1 rings (SSSR count). The van der Waals surface area contributed by atoms with Gasteiger partial charge in [0.05, 0.1) is 6.10 Å². The summed E-state index contributed by atoms with van der Waals surface area (Å²) in [5, 5.41) is 10.3. The van der Waals surface area contributed by atoms with Crippen LogP contribution in [0.4, 0.5) is 0 Å². The number of hydrogen-bond acceptors (Lipinski definition) is 1. The molecule has 0 aliphatic rings. The quantitative estimate of drug-likeness (QED) is 0.789. The van der Waals surface area contributed by atoms with Crippen LogP contribution in [0.25, 0.3) is 0 Å². The minimum atomic E-state index is -0.259. The minimum Gasteiger partial charge on any atom is -0.393 e. The highest BCUT2D eigenvalue weighted by Crippen LogP contribution is 2.17. The molecule has 1 aromatic carbocycles. The first kappa shape index (κ1) is 10.6. The Morgan fingerprint density at radius 1 is 1.38 bits per heavy atom. The highest BCUT2D eigenvalue weighted by molar-refractivity contribution is 6.31. The van der Waals surface area contributed by atoms with Gasteiger partial charge in [-0.3, -0.25) is 0 Å². The Labute approximate surface area is 84.4 Å². The molecule has 0 amide bonds. The summed E-state index contributed by atoms with van der Waals surface area (Å²) in [5.74, 6) is 0. The molecule has 0 aromatic heterocycles. The normalized spacial score (nSPS) is 12.8. The second-order valence-corrected chi connectivity index (χ2v) is 3.65. The maximum absolute atomic E-state index is 9.57. The first-order valence-electron chi connectivity index (χ1n) is 4.65. The third-order valence-electron chi connectivity index (χ3n) is 2.04. The molecule has 0 spiro atoms. The standard InChI is InChI=1S/C11H15ClO/c1-2-5-10(13)8-9-6-3-4-7-11(9)12/h3-4,6-7,10,13H,2,5,8H2,1H3/t10-/m0/s1. The van der Waals surface area contributed by atoms with E-state index < -0.39 is 0 Å². The monoisotopic (exact) mass is 198 g/mol. The number of aliphatic hydroxyl groups is 1. The molecule has 0 unspecified atom stereocenters. The van der Waals surface area contributed by atoms with Gasteiger partial charge in [-0.2, -0.15) is 0 Å². The summed E-state index contributed by atoms with van der Waals surface area (Å²) in [4.78, 5) is 0. The van der Waals surface area contributed by atoms with E-state index >= 15 is 0 Å². The predicted octanol–water partition coefficient (Wildman–Crippen LogP) is 3.04. The van der Waals surface area contributed by atoms with Gasteiger partial charge in [0.2, 0.25) is 0 Å². The van der Waals surface area contributed by atoms with Gasteiger partial charge in [0.25, 0.3) is 0 Å². The molecule has 1 N–H and O–H groups in total. The highest BCUT2D eigenvalue weighted by Gasteiger charge is 2.06. The average molecular weight is 199 g/mol. The predicted molar refractivity (Wildman–Crippen MR) is 56.1 cm³/mol. The van der Waals surface area contributed by atoms with Crippen molar-refractivity contribution in [2.75, 3.05) is 0 Å². The summed E-state index contributed by atoms with van der Waals surface area (Å²) in [6.45, 7) is 2.07. The second-order valence-electron chi connectivity index (χ2n) is 3.24. The lowest BCUT2D eigenvalue weighted by Crippen LogP contribution is -2.09. The van der Waals surface area contributed by atoms with Crippen LogP contribution in [0.2, 0.25) is 5.02 Å². The molecule has 1 aromatic rings. The number of rotatable bonds is 4. The van der Waals surface area contributed by atoms with Gasteiger partial charge in [-0.25, -0.2) is 0 Å². The van der Waals surface area contributed by atoms with E-state index in [1.54, 1.807) is 0 Å². The first-order chi connectivity index (χ1) is 6.24. The fourth-order valence-corrected chi connectivity index (χ4v) is 1.57. The van der Waals surface area contributed by atoms with Gasteiger partial charge in [0, 0.05) is 5.02 Å². The first-order valence-corrected chi connectivity index (χ1v) is 5.03. The van der Waals surface area contributed by atoms with E-state index in [2.05, 4.69) is 6.92 Å². The van der Waals surface area contributed by atoms with Crippen LogP contribution in [0.5, 0.6) is 0 Å². The van der Waals surface area contributed by atoms with E-state index in [0.29, 0.717) is 6.42 Å². The van der Waals surface area contributed by atoms with Gasteiger partial charge in [-0.1, -0.05) is 43.1 Å². The second kappa shape index (κ2) is 5.25. The van der Waals surface area contributed by atoms with Gasteiger partial charge in [0.15, 0.2) is 0 Å². The van der Waals surface area contributed by atoms with E-state index in [9.17, 15) is 5.11 Å². The Morgan fingerprint density at radius 3 is 2.69 bits per heavy atom. The molecule has 1 atom stereocenters. The van der Waals surface area contributed by atoms with Gasteiger partial charge < -0.3 is 5.11 Å². The molecule has 0 aliphatic heterocycles. The zero-order chi connectivity index (χ0) is 9.68. The number of halogens is 1. The van der Waals surface area contributed by atoms with Crippen LogP contribution in [0.1, 0.15) is 25.3 Å². The van der Waals surface area contributed by atoms with Crippen molar-refractivity contribution in [2.45, 2.75) is 32.3 Å². The van der Waals surface area contributed by atoms with Crippen molar-refractivity contribution < 1.29 is 5.11 Å². The molecular weight excluding hydrogens is 184 g/mol. The van der Waals surface area contributed by atoms with E-state index in [4.69, 9.17) is 11.6 Å². The maximum Gasteiger partial charge on any atom is 0.0581 e. The van der Waals surface area contributed by atoms with E-state index in [1.807, 2.05) is 24.3 Å². The Balaban J connectivity index is 2.58. The largest absolute Gasteiger partial charge is 0.393 e. The highest BCUT2D eigenvalue weighted by atomic mass is 35.5. The van der Waals surface area contributed by atoms with Crippen molar-refractivity contribution in [3.8, 4) is 0 Å². The zero-order valence-corrected chi connectivity index (χ0v) is 8.59. The van der Waals surface area contributed by atoms with Crippen LogP contribution in [0.3, 0.4) is 0 Å². The molecule has 0 saturated heterocycles. The molecule has 0 bridgehead atoms. The fourth-order valence-electron chi connectivity index (χ4n) is 1.35. The summed E-state index contributed by atoms with van der Waals surface area (Å²) in [7, 11) is 0. The van der Waals surface area contributed by atoms with E-state index in [1.165, 1.54) is 0 Å². The summed E-state index contributed by atoms with van der Waals surface area (Å²) in [5.41, 5.74) is 1.03. The summed E-state index contributed by atoms with van der Waals surface area (Å²) in [6, 6.07) is 7.66. The van der Waals surface area contributed by atoms with Crippen molar-refractivity contribution in [2.24, 2.45) is 0 Å². The Hall–Kier alpha value is -0.530. The van der Waals surface area contributed by atoms with Crippen molar-refractivity contribution in [1.82, 2.24) is 0 Å². The SMILES string of the molecule is CCC[C@H](O)Cc1ccccc1Cl. The summed E-state index contributed by atoms with van der Waals surface area (Å²) < 4.78 is 0. The van der Waals surface area contributed by atoms with Gasteiger partial charge >= 0.3 is 0 Å². The van der Waals surface area contributed by atoms with E-state index in [-0.39, 0.29) is 6.10 Å². The third-order valence-corrected chi connectivity index (χ3v) is 2.40. The van der Waals surface area contributed by atoms with Crippen molar-refractivity contribution in [3.63, 3.8) is 0 Å². The van der Waals surface area contributed by atoms with Crippen molar-refractivity contribution in [3.05, 3.63) is 34.9 Å². The third kappa shape index (κ3) is 3.37. The van der Waals surface area contributed by atoms with Gasteiger partial charge in [-0.15, -0.1) is 0 Å². The average Bonchev–Trinajstić information content (AvgIpc) is 2.09. The molecule has 0 radical (unpaired) electrons. The van der Waals surface area contributed by atoms with Crippen molar-refractivity contribution in [1.29, 1.82) is 0 Å². The molecule has 0 fully saturated rings. The lowest BCUT2D eigenvalue weighted by molar-refractivity contribution is 0.164. The van der Waals surface area contributed by atoms with Crippen LogP contribution in [-0.2, 0) is 6.42 Å². The molecule has 72 valence electrons. The number of benzene rings is 1.